The highest BCUT2D eigenvalue weighted by molar-refractivity contribution is 14.1. The molecule has 1 unspecified atom stereocenters. The SMILES string of the molecule is Cc1cc(F)cc(C)c1C(N)c1cc(Br)ccc1I. The van der Waals surface area contributed by atoms with Crippen LogP contribution in [0.5, 0.6) is 0 Å². The van der Waals surface area contributed by atoms with Crippen LogP contribution in [0.1, 0.15) is 28.3 Å². The fourth-order valence-electron chi connectivity index (χ4n) is 2.32. The van der Waals surface area contributed by atoms with Crippen molar-refractivity contribution in [1.29, 1.82) is 0 Å². The van der Waals surface area contributed by atoms with E-state index in [0.29, 0.717) is 0 Å². The molecule has 0 fully saturated rings. The Labute approximate surface area is 134 Å². The Morgan fingerprint density at radius 3 is 2.32 bits per heavy atom. The molecule has 2 aromatic carbocycles. The van der Waals surface area contributed by atoms with Crippen LogP contribution in [0.2, 0.25) is 0 Å². The van der Waals surface area contributed by atoms with Crippen molar-refractivity contribution in [2.45, 2.75) is 19.9 Å². The van der Waals surface area contributed by atoms with Crippen LogP contribution < -0.4 is 5.73 Å². The van der Waals surface area contributed by atoms with Crippen LogP contribution in [0, 0.1) is 23.2 Å². The second-order valence-corrected chi connectivity index (χ2v) is 6.67. The lowest BCUT2D eigenvalue weighted by Gasteiger charge is -2.19. The molecular weight excluding hydrogens is 420 g/mol. The Hall–Kier alpha value is -0.460. The molecule has 0 saturated heterocycles. The average molecular weight is 434 g/mol. The number of benzene rings is 2. The van der Waals surface area contributed by atoms with Gasteiger partial charge < -0.3 is 5.73 Å². The van der Waals surface area contributed by atoms with Gasteiger partial charge in [0.05, 0.1) is 6.04 Å². The Balaban J connectivity index is 2.56. The Morgan fingerprint density at radius 2 is 1.74 bits per heavy atom. The molecule has 2 rings (SSSR count). The first kappa shape index (κ1) is 14.9. The van der Waals surface area contributed by atoms with Gasteiger partial charge in [-0.1, -0.05) is 15.9 Å². The summed E-state index contributed by atoms with van der Waals surface area (Å²) in [6.07, 6.45) is 0. The van der Waals surface area contributed by atoms with Crippen LogP contribution in [0.25, 0.3) is 0 Å². The molecule has 0 saturated carbocycles. The smallest absolute Gasteiger partial charge is 0.123 e. The number of hydrogen-bond donors (Lipinski definition) is 1. The molecular formula is C15H14BrFIN. The van der Waals surface area contributed by atoms with Gasteiger partial charge in [0.25, 0.3) is 0 Å². The van der Waals surface area contributed by atoms with Crippen molar-refractivity contribution in [3.8, 4) is 0 Å². The predicted octanol–water partition coefficient (Wildman–Crippen LogP) is 4.86. The summed E-state index contributed by atoms with van der Waals surface area (Å²) < 4.78 is 15.5. The van der Waals surface area contributed by atoms with E-state index in [4.69, 9.17) is 5.73 Å². The minimum atomic E-state index is -0.245. The highest BCUT2D eigenvalue weighted by Crippen LogP contribution is 2.31. The first-order valence-electron chi connectivity index (χ1n) is 5.87. The summed E-state index contributed by atoms with van der Waals surface area (Å²) in [6.45, 7) is 3.80. The van der Waals surface area contributed by atoms with Crippen molar-refractivity contribution in [3.05, 3.63) is 66.4 Å². The normalized spacial score (nSPS) is 12.5. The lowest BCUT2D eigenvalue weighted by Crippen LogP contribution is -2.16. The maximum atomic E-state index is 13.4. The topological polar surface area (TPSA) is 26.0 Å². The van der Waals surface area contributed by atoms with Gasteiger partial charge >= 0.3 is 0 Å². The van der Waals surface area contributed by atoms with Gasteiger partial charge in [0.2, 0.25) is 0 Å². The Kier molecular flexibility index (Phi) is 4.63. The van der Waals surface area contributed by atoms with E-state index >= 15 is 0 Å². The fourth-order valence-corrected chi connectivity index (χ4v) is 3.37. The molecule has 1 nitrogen and oxygen atoms in total. The van der Waals surface area contributed by atoms with Crippen molar-refractivity contribution in [2.75, 3.05) is 0 Å². The van der Waals surface area contributed by atoms with Gasteiger partial charge in [-0.2, -0.15) is 0 Å². The fraction of sp³-hybridized carbons (Fsp3) is 0.200. The number of aryl methyl sites for hydroxylation is 2. The molecule has 0 aliphatic rings. The Bertz CT molecular complexity index is 605. The van der Waals surface area contributed by atoms with Crippen molar-refractivity contribution >= 4 is 38.5 Å². The van der Waals surface area contributed by atoms with Crippen LogP contribution in [-0.4, -0.2) is 0 Å². The maximum Gasteiger partial charge on any atom is 0.123 e. The minimum Gasteiger partial charge on any atom is -0.320 e. The number of rotatable bonds is 2. The third-order valence-electron chi connectivity index (χ3n) is 3.16. The third-order valence-corrected chi connectivity index (χ3v) is 4.64. The van der Waals surface area contributed by atoms with Gasteiger partial charge in [0.1, 0.15) is 5.82 Å². The summed E-state index contributed by atoms with van der Waals surface area (Å²) in [4.78, 5) is 0. The summed E-state index contributed by atoms with van der Waals surface area (Å²) in [7, 11) is 0. The summed E-state index contributed by atoms with van der Waals surface area (Å²) in [6, 6.07) is 8.86. The van der Waals surface area contributed by atoms with E-state index in [-0.39, 0.29) is 11.9 Å². The first-order valence-corrected chi connectivity index (χ1v) is 7.74. The maximum absolute atomic E-state index is 13.4. The van der Waals surface area contributed by atoms with Gasteiger partial charge in [0.15, 0.2) is 0 Å². The highest BCUT2D eigenvalue weighted by atomic mass is 127. The monoisotopic (exact) mass is 433 g/mol. The lowest BCUT2D eigenvalue weighted by atomic mass is 9.92. The average Bonchev–Trinajstić information content (AvgIpc) is 2.30. The van der Waals surface area contributed by atoms with E-state index in [1.54, 1.807) is 0 Å². The second kappa shape index (κ2) is 5.89. The molecule has 0 amide bonds. The van der Waals surface area contributed by atoms with E-state index in [1.165, 1.54) is 12.1 Å². The predicted molar refractivity (Wildman–Crippen MR) is 88.8 cm³/mol. The third kappa shape index (κ3) is 3.17. The van der Waals surface area contributed by atoms with E-state index in [9.17, 15) is 4.39 Å². The van der Waals surface area contributed by atoms with Crippen LogP contribution in [0.15, 0.2) is 34.8 Å². The molecule has 0 aliphatic carbocycles. The molecule has 2 N–H and O–H groups in total. The molecule has 0 bridgehead atoms. The quantitative estimate of drug-likeness (QED) is 0.672. The molecule has 2 aromatic rings. The molecule has 0 heterocycles. The molecule has 0 spiro atoms. The lowest BCUT2D eigenvalue weighted by molar-refractivity contribution is 0.623. The zero-order chi connectivity index (χ0) is 14.2. The van der Waals surface area contributed by atoms with Gasteiger partial charge in [-0.05, 0) is 89.0 Å². The summed E-state index contributed by atoms with van der Waals surface area (Å²) >= 11 is 5.74. The van der Waals surface area contributed by atoms with Crippen molar-refractivity contribution < 1.29 is 4.39 Å². The summed E-state index contributed by atoms with van der Waals surface area (Å²) in [5, 5.41) is 0. The van der Waals surface area contributed by atoms with Gasteiger partial charge in [-0.3, -0.25) is 0 Å². The van der Waals surface area contributed by atoms with Crippen LogP contribution in [0.3, 0.4) is 0 Å². The highest BCUT2D eigenvalue weighted by Gasteiger charge is 2.17. The van der Waals surface area contributed by atoms with Crippen molar-refractivity contribution in [1.82, 2.24) is 0 Å². The summed E-state index contributed by atoms with van der Waals surface area (Å²) in [5.74, 6) is -0.213. The number of hydrogen-bond acceptors (Lipinski definition) is 1. The molecule has 19 heavy (non-hydrogen) atoms. The van der Waals surface area contributed by atoms with Gasteiger partial charge in [-0.25, -0.2) is 4.39 Å². The van der Waals surface area contributed by atoms with Crippen molar-refractivity contribution in [2.24, 2.45) is 5.73 Å². The first-order chi connectivity index (χ1) is 8.90. The largest absolute Gasteiger partial charge is 0.320 e. The van der Waals surface area contributed by atoms with E-state index < -0.39 is 0 Å². The molecule has 1 atom stereocenters. The Morgan fingerprint density at radius 1 is 1.16 bits per heavy atom. The van der Waals surface area contributed by atoms with E-state index in [2.05, 4.69) is 38.5 Å². The molecule has 4 heteroatoms. The van der Waals surface area contributed by atoms with Crippen LogP contribution in [-0.2, 0) is 0 Å². The second-order valence-electron chi connectivity index (χ2n) is 4.60. The molecule has 100 valence electrons. The number of nitrogens with two attached hydrogens (primary N) is 1. The zero-order valence-electron chi connectivity index (χ0n) is 10.7. The molecule has 0 radical (unpaired) electrons. The van der Waals surface area contributed by atoms with E-state index in [1.807, 2.05) is 32.0 Å². The molecule has 0 aromatic heterocycles. The number of halogens is 3. The van der Waals surface area contributed by atoms with Crippen molar-refractivity contribution in [3.63, 3.8) is 0 Å². The van der Waals surface area contributed by atoms with E-state index in [0.717, 1.165) is 30.3 Å². The summed E-state index contributed by atoms with van der Waals surface area (Å²) in [5.41, 5.74) is 10.2. The zero-order valence-corrected chi connectivity index (χ0v) is 14.4. The van der Waals surface area contributed by atoms with Gasteiger partial charge in [-0.15, -0.1) is 0 Å². The van der Waals surface area contributed by atoms with Gasteiger partial charge in [0, 0.05) is 8.04 Å². The molecule has 0 aliphatic heterocycles. The minimum absolute atomic E-state index is 0.213. The van der Waals surface area contributed by atoms with Crippen LogP contribution >= 0.6 is 38.5 Å². The van der Waals surface area contributed by atoms with Crippen LogP contribution in [0.4, 0.5) is 4.39 Å². The standard InChI is InChI=1S/C15H14BrFIN/c1-8-5-11(17)6-9(2)14(8)15(19)12-7-10(16)3-4-13(12)18/h3-7,15H,19H2,1-2H3.